The molecule has 0 spiro atoms. The first kappa shape index (κ1) is 14.2. The second-order valence-corrected chi connectivity index (χ2v) is 4.78. The van der Waals surface area contributed by atoms with E-state index in [1.165, 1.54) is 0 Å². The molecule has 0 N–H and O–H groups in total. The Bertz CT molecular complexity index is 542. The van der Waals surface area contributed by atoms with Crippen molar-refractivity contribution in [3.63, 3.8) is 0 Å². The van der Waals surface area contributed by atoms with Gasteiger partial charge in [-0.15, -0.1) is 11.6 Å². The summed E-state index contributed by atoms with van der Waals surface area (Å²) in [6, 6.07) is 7.78. The van der Waals surface area contributed by atoms with Crippen molar-refractivity contribution in [3.8, 4) is 0 Å². The van der Waals surface area contributed by atoms with Crippen LogP contribution in [0.4, 0.5) is 8.78 Å². The lowest BCUT2D eigenvalue weighted by atomic mass is 10.2. The number of halogens is 3. The highest BCUT2D eigenvalue weighted by molar-refractivity contribution is 6.18. The van der Waals surface area contributed by atoms with E-state index in [0.717, 1.165) is 16.6 Å². The third-order valence-corrected chi connectivity index (χ3v) is 3.17. The second-order valence-electron chi connectivity index (χ2n) is 4.40. The Morgan fingerprint density at radius 3 is 2.79 bits per heavy atom. The standard InChI is InChI=1S/C13H16ClF2N3/c1-18-12-5-3-2-4-10(12)11(17-18)8-19(7-6-14)9-13(15)16/h2-5,13H,6-9H2,1H3. The summed E-state index contributed by atoms with van der Waals surface area (Å²) < 4.78 is 26.8. The van der Waals surface area contributed by atoms with E-state index in [0.29, 0.717) is 19.0 Å². The third-order valence-electron chi connectivity index (χ3n) is 3.00. The first-order chi connectivity index (χ1) is 9.11. The molecule has 1 heterocycles. The number of nitrogens with zero attached hydrogens (tertiary/aromatic N) is 3. The highest BCUT2D eigenvalue weighted by Crippen LogP contribution is 2.19. The first-order valence-corrected chi connectivity index (χ1v) is 6.62. The van der Waals surface area contributed by atoms with E-state index in [9.17, 15) is 8.78 Å². The normalized spacial score (nSPS) is 11.9. The summed E-state index contributed by atoms with van der Waals surface area (Å²) in [6.45, 7) is 0.535. The van der Waals surface area contributed by atoms with Crippen LogP contribution in [0.1, 0.15) is 5.69 Å². The molecule has 2 rings (SSSR count). The van der Waals surface area contributed by atoms with Crippen molar-refractivity contribution >= 4 is 22.5 Å². The van der Waals surface area contributed by atoms with E-state index < -0.39 is 6.43 Å². The summed E-state index contributed by atoms with van der Waals surface area (Å²) in [4.78, 5) is 1.63. The number of rotatable bonds is 6. The van der Waals surface area contributed by atoms with Crippen LogP contribution in [0.25, 0.3) is 10.9 Å². The fourth-order valence-electron chi connectivity index (χ4n) is 2.17. The molecule has 2 aromatic rings. The number of aromatic nitrogens is 2. The number of aryl methyl sites for hydroxylation is 1. The Balaban J connectivity index is 2.23. The van der Waals surface area contributed by atoms with E-state index in [-0.39, 0.29) is 6.54 Å². The maximum atomic E-state index is 12.5. The molecule has 0 unspecified atom stereocenters. The van der Waals surface area contributed by atoms with Crippen LogP contribution < -0.4 is 0 Å². The molecule has 1 aromatic carbocycles. The van der Waals surface area contributed by atoms with Crippen LogP contribution in [0.15, 0.2) is 24.3 Å². The quantitative estimate of drug-likeness (QED) is 0.762. The fraction of sp³-hybridized carbons (Fsp3) is 0.462. The SMILES string of the molecule is Cn1nc(CN(CCCl)CC(F)F)c2ccccc21. The van der Waals surface area contributed by atoms with E-state index in [1.54, 1.807) is 9.58 Å². The van der Waals surface area contributed by atoms with Gasteiger partial charge in [0.25, 0.3) is 6.43 Å². The molecule has 104 valence electrons. The fourth-order valence-corrected chi connectivity index (χ4v) is 2.41. The van der Waals surface area contributed by atoms with Gasteiger partial charge in [0.1, 0.15) is 0 Å². The number of para-hydroxylation sites is 1. The monoisotopic (exact) mass is 287 g/mol. The first-order valence-electron chi connectivity index (χ1n) is 6.09. The van der Waals surface area contributed by atoms with Gasteiger partial charge in [0.05, 0.1) is 17.8 Å². The summed E-state index contributed by atoms with van der Waals surface area (Å²) in [6.07, 6.45) is -2.36. The van der Waals surface area contributed by atoms with Gasteiger partial charge in [-0.2, -0.15) is 5.10 Å². The Labute approximate surface area is 115 Å². The van der Waals surface area contributed by atoms with Crippen LogP contribution in [0.3, 0.4) is 0 Å². The number of hydrogen-bond donors (Lipinski definition) is 0. The molecule has 6 heteroatoms. The van der Waals surface area contributed by atoms with Gasteiger partial charge < -0.3 is 0 Å². The second kappa shape index (κ2) is 6.30. The topological polar surface area (TPSA) is 21.1 Å². The molecule has 0 radical (unpaired) electrons. The lowest BCUT2D eigenvalue weighted by Crippen LogP contribution is -2.30. The van der Waals surface area contributed by atoms with Crippen molar-refractivity contribution in [1.29, 1.82) is 0 Å². The zero-order chi connectivity index (χ0) is 13.8. The molecule has 0 aliphatic rings. The summed E-state index contributed by atoms with van der Waals surface area (Å²) in [7, 11) is 1.85. The van der Waals surface area contributed by atoms with Gasteiger partial charge in [0.2, 0.25) is 0 Å². The largest absolute Gasteiger partial charge is 0.291 e. The summed E-state index contributed by atoms with van der Waals surface area (Å²) in [5.41, 5.74) is 1.81. The van der Waals surface area contributed by atoms with Gasteiger partial charge in [0, 0.05) is 31.4 Å². The zero-order valence-electron chi connectivity index (χ0n) is 10.7. The number of hydrogen-bond acceptors (Lipinski definition) is 2. The zero-order valence-corrected chi connectivity index (χ0v) is 11.4. The molecule has 3 nitrogen and oxygen atoms in total. The summed E-state index contributed by atoms with van der Waals surface area (Å²) in [5, 5.41) is 5.41. The average molecular weight is 288 g/mol. The van der Waals surface area contributed by atoms with Crippen LogP contribution in [0.5, 0.6) is 0 Å². The van der Waals surface area contributed by atoms with E-state index in [4.69, 9.17) is 11.6 Å². The van der Waals surface area contributed by atoms with Crippen molar-refractivity contribution in [2.45, 2.75) is 13.0 Å². The lowest BCUT2D eigenvalue weighted by molar-refractivity contribution is 0.0874. The van der Waals surface area contributed by atoms with Crippen molar-refractivity contribution in [3.05, 3.63) is 30.0 Å². The van der Waals surface area contributed by atoms with Gasteiger partial charge in [-0.3, -0.25) is 9.58 Å². The molecule has 0 aliphatic carbocycles. The highest BCUT2D eigenvalue weighted by Gasteiger charge is 2.15. The van der Waals surface area contributed by atoms with Gasteiger partial charge in [-0.25, -0.2) is 8.78 Å². The number of alkyl halides is 3. The van der Waals surface area contributed by atoms with Crippen LogP contribution in [-0.2, 0) is 13.6 Å². The van der Waals surface area contributed by atoms with Crippen molar-refractivity contribution in [2.24, 2.45) is 7.05 Å². The van der Waals surface area contributed by atoms with Crippen molar-refractivity contribution in [2.75, 3.05) is 19.0 Å². The van der Waals surface area contributed by atoms with Crippen molar-refractivity contribution in [1.82, 2.24) is 14.7 Å². The molecule has 0 aliphatic heterocycles. The van der Waals surface area contributed by atoms with Crippen molar-refractivity contribution < 1.29 is 8.78 Å². The van der Waals surface area contributed by atoms with Gasteiger partial charge in [0.15, 0.2) is 0 Å². The van der Waals surface area contributed by atoms with E-state index in [2.05, 4.69) is 5.10 Å². The number of fused-ring (bicyclic) bond motifs is 1. The maximum absolute atomic E-state index is 12.5. The van der Waals surface area contributed by atoms with Gasteiger partial charge >= 0.3 is 0 Å². The predicted molar refractivity (Wildman–Crippen MR) is 72.7 cm³/mol. The van der Waals surface area contributed by atoms with E-state index in [1.807, 2.05) is 31.3 Å². The Hall–Kier alpha value is -1.20. The van der Waals surface area contributed by atoms with Crippen LogP contribution in [-0.4, -0.2) is 40.1 Å². The average Bonchev–Trinajstić information content (AvgIpc) is 2.67. The molecule has 0 saturated carbocycles. The molecule has 0 saturated heterocycles. The Morgan fingerprint density at radius 2 is 2.11 bits per heavy atom. The van der Waals surface area contributed by atoms with Crippen LogP contribution >= 0.6 is 11.6 Å². The summed E-state index contributed by atoms with van der Waals surface area (Å²) >= 11 is 5.66. The Morgan fingerprint density at radius 1 is 1.37 bits per heavy atom. The summed E-state index contributed by atoms with van der Waals surface area (Å²) in [5.74, 6) is 0.331. The lowest BCUT2D eigenvalue weighted by Gasteiger charge is -2.19. The smallest absolute Gasteiger partial charge is 0.251 e. The molecule has 0 fully saturated rings. The third kappa shape index (κ3) is 3.42. The molecule has 1 aromatic heterocycles. The maximum Gasteiger partial charge on any atom is 0.251 e. The van der Waals surface area contributed by atoms with Gasteiger partial charge in [-0.05, 0) is 6.07 Å². The Kier molecular flexibility index (Phi) is 4.71. The molecule has 19 heavy (non-hydrogen) atoms. The minimum atomic E-state index is -2.36. The minimum absolute atomic E-state index is 0.280. The van der Waals surface area contributed by atoms with Gasteiger partial charge in [-0.1, -0.05) is 18.2 Å². The predicted octanol–water partition coefficient (Wildman–Crippen LogP) is 2.88. The van der Waals surface area contributed by atoms with Crippen LogP contribution in [0, 0.1) is 0 Å². The highest BCUT2D eigenvalue weighted by atomic mass is 35.5. The molecule has 0 atom stereocenters. The molecule has 0 amide bonds. The molecular formula is C13H16ClF2N3. The minimum Gasteiger partial charge on any atom is -0.291 e. The molecular weight excluding hydrogens is 272 g/mol. The number of benzene rings is 1. The van der Waals surface area contributed by atoms with Crippen LogP contribution in [0.2, 0.25) is 0 Å². The van der Waals surface area contributed by atoms with E-state index >= 15 is 0 Å². The molecule has 0 bridgehead atoms.